The third-order valence-corrected chi connectivity index (χ3v) is 5.17. The van der Waals surface area contributed by atoms with Crippen molar-refractivity contribution < 1.29 is 0 Å². The Morgan fingerprint density at radius 2 is 1.86 bits per heavy atom. The fraction of sp³-hybridized carbons (Fsp3) is 0.286. The van der Waals surface area contributed by atoms with Crippen LogP contribution in [0.2, 0.25) is 0 Å². The van der Waals surface area contributed by atoms with E-state index in [-0.39, 0.29) is 6.04 Å². The lowest BCUT2D eigenvalue weighted by Crippen LogP contribution is -2.18. The van der Waals surface area contributed by atoms with Gasteiger partial charge in [-0.25, -0.2) is 9.97 Å². The van der Waals surface area contributed by atoms with Gasteiger partial charge in [-0.1, -0.05) is 12.1 Å². The molecule has 28 heavy (non-hydrogen) atoms. The zero-order valence-electron chi connectivity index (χ0n) is 15.7. The number of aryl methyl sites for hydroxylation is 1. The summed E-state index contributed by atoms with van der Waals surface area (Å²) in [6.45, 7) is 3.09. The summed E-state index contributed by atoms with van der Waals surface area (Å²) >= 11 is 0. The third-order valence-electron chi connectivity index (χ3n) is 5.17. The second-order valence-corrected chi connectivity index (χ2v) is 7.10. The fourth-order valence-corrected chi connectivity index (χ4v) is 3.74. The van der Waals surface area contributed by atoms with E-state index in [1.807, 2.05) is 36.4 Å². The molecular weight excluding hydrogens is 350 g/mol. The molecule has 1 unspecified atom stereocenters. The number of hydrogen-bond acceptors (Lipinski definition) is 6. The molecule has 0 saturated carbocycles. The zero-order chi connectivity index (χ0) is 18.9. The number of benzene rings is 1. The van der Waals surface area contributed by atoms with Crippen LogP contribution in [0.4, 0.5) is 5.82 Å². The van der Waals surface area contributed by atoms with Crippen LogP contribution >= 0.6 is 0 Å². The maximum atomic E-state index is 4.83. The van der Waals surface area contributed by atoms with Gasteiger partial charge in [0.15, 0.2) is 11.6 Å². The highest BCUT2D eigenvalue weighted by Crippen LogP contribution is 2.28. The molecule has 7 heteroatoms. The first-order chi connectivity index (χ1) is 13.8. The van der Waals surface area contributed by atoms with Gasteiger partial charge in [0.05, 0.1) is 11.6 Å². The van der Waals surface area contributed by atoms with Crippen molar-refractivity contribution in [1.82, 2.24) is 29.7 Å². The van der Waals surface area contributed by atoms with Crippen molar-refractivity contribution in [3.63, 3.8) is 0 Å². The molecule has 1 aliphatic heterocycles. The first kappa shape index (κ1) is 16.8. The van der Waals surface area contributed by atoms with Crippen molar-refractivity contribution in [1.29, 1.82) is 0 Å². The van der Waals surface area contributed by atoms with Crippen LogP contribution in [0.25, 0.3) is 22.3 Å². The minimum atomic E-state index is -0.0112. The van der Waals surface area contributed by atoms with Gasteiger partial charge in [0, 0.05) is 36.3 Å². The van der Waals surface area contributed by atoms with Gasteiger partial charge in [0.2, 0.25) is 0 Å². The number of para-hydroxylation sites is 1. The first-order valence-corrected chi connectivity index (χ1v) is 9.65. The highest BCUT2D eigenvalue weighted by atomic mass is 15.3. The molecule has 5 rings (SSSR count). The Morgan fingerprint density at radius 3 is 2.75 bits per heavy atom. The number of nitrogens with one attached hydrogen (secondary N) is 1. The van der Waals surface area contributed by atoms with Crippen molar-refractivity contribution in [3.05, 3.63) is 60.4 Å². The number of anilines is 1. The molecule has 0 saturated heterocycles. The van der Waals surface area contributed by atoms with Crippen LogP contribution in [0, 0.1) is 0 Å². The smallest absolute Gasteiger partial charge is 0.162 e. The van der Waals surface area contributed by atoms with E-state index in [9.17, 15) is 0 Å². The van der Waals surface area contributed by atoms with Crippen LogP contribution in [-0.4, -0.2) is 29.7 Å². The predicted octanol–water partition coefficient (Wildman–Crippen LogP) is 3.79. The van der Waals surface area contributed by atoms with E-state index in [2.05, 4.69) is 32.0 Å². The monoisotopic (exact) mass is 371 g/mol. The molecule has 0 bridgehead atoms. The van der Waals surface area contributed by atoms with E-state index in [0.717, 1.165) is 46.9 Å². The van der Waals surface area contributed by atoms with E-state index in [0.29, 0.717) is 5.82 Å². The minimum absolute atomic E-state index is 0.0112. The minimum Gasteiger partial charge on any atom is -0.360 e. The molecule has 0 radical (unpaired) electrons. The van der Waals surface area contributed by atoms with E-state index >= 15 is 0 Å². The molecule has 7 nitrogen and oxygen atoms in total. The van der Waals surface area contributed by atoms with Crippen LogP contribution in [0.5, 0.6) is 0 Å². The topological polar surface area (TPSA) is 81.4 Å². The van der Waals surface area contributed by atoms with Crippen molar-refractivity contribution in [2.24, 2.45) is 0 Å². The summed E-state index contributed by atoms with van der Waals surface area (Å²) in [6, 6.07) is 11.9. The molecule has 4 heterocycles. The largest absolute Gasteiger partial charge is 0.360 e. The van der Waals surface area contributed by atoms with Crippen LogP contribution in [-0.2, 0) is 13.0 Å². The Morgan fingerprint density at radius 1 is 1.00 bits per heavy atom. The van der Waals surface area contributed by atoms with Gasteiger partial charge in [-0.3, -0.25) is 4.98 Å². The van der Waals surface area contributed by atoms with Crippen LogP contribution < -0.4 is 5.32 Å². The molecule has 4 aromatic rings. The van der Waals surface area contributed by atoms with Crippen molar-refractivity contribution in [2.75, 3.05) is 5.32 Å². The molecule has 0 spiro atoms. The van der Waals surface area contributed by atoms with E-state index < -0.39 is 0 Å². The molecule has 1 aliphatic rings. The molecule has 0 fully saturated rings. The molecule has 0 aliphatic carbocycles. The third kappa shape index (κ3) is 2.98. The SMILES string of the molecule is CC(Nc1nc(-c2ccncc2)nc2ccccc12)c1nnc2n1CCCC2. The number of aromatic nitrogens is 6. The fourth-order valence-electron chi connectivity index (χ4n) is 3.74. The van der Waals surface area contributed by atoms with Gasteiger partial charge in [-0.2, -0.15) is 0 Å². The number of fused-ring (bicyclic) bond motifs is 2. The Kier molecular flexibility index (Phi) is 4.20. The number of nitrogens with zero attached hydrogens (tertiary/aromatic N) is 6. The Labute approximate surface area is 162 Å². The van der Waals surface area contributed by atoms with E-state index in [4.69, 9.17) is 9.97 Å². The maximum Gasteiger partial charge on any atom is 0.162 e. The summed E-state index contributed by atoms with van der Waals surface area (Å²) in [5.41, 5.74) is 1.85. The van der Waals surface area contributed by atoms with Gasteiger partial charge in [0.1, 0.15) is 11.6 Å². The highest BCUT2D eigenvalue weighted by Gasteiger charge is 2.21. The van der Waals surface area contributed by atoms with E-state index in [1.54, 1.807) is 12.4 Å². The second-order valence-electron chi connectivity index (χ2n) is 7.10. The lowest BCUT2D eigenvalue weighted by molar-refractivity contribution is 0.500. The summed E-state index contributed by atoms with van der Waals surface area (Å²) in [6.07, 6.45) is 6.87. The van der Waals surface area contributed by atoms with Gasteiger partial charge in [-0.15, -0.1) is 10.2 Å². The standard InChI is InChI=1S/C21H21N7/c1-14(21-27-26-18-8-4-5-13-28(18)21)23-20-16-6-2-3-7-17(16)24-19(25-20)15-9-11-22-12-10-15/h2-3,6-7,9-12,14H,4-5,8,13H2,1H3,(H,23,24,25). The summed E-state index contributed by atoms with van der Waals surface area (Å²) in [5.74, 6) is 3.53. The Balaban J connectivity index is 1.55. The molecule has 0 amide bonds. The van der Waals surface area contributed by atoms with Gasteiger partial charge < -0.3 is 9.88 Å². The Hall–Kier alpha value is -3.35. The average Bonchev–Trinajstić information content (AvgIpc) is 3.18. The van der Waals surface area contributed by atoms with Crippen LogP contribution in [0.1, 0.15) is 37.5 Å². The normalized spacial score (nSPS) is 14.6. The molecule has 1 N–H and O–H groups in total. The second kappa shape index (κ2) is 6.99. The van der Waals surface area contributed by atoms with Crippen LogP contribution in [0.15, 0.2) is 48.8 Å². The lowest BCUT2D eigenvalue weighted by Gasteiger charge is -2.20. The number of pyridine rings is 1. The average molecular weight is 371 g/mol. The van der Waals surface area contributed by atoms with E-state index in [1.165, 1.54) is 12.8 Å². The quantitative estimate of drug-likeness (QED) is 0.588. The molecule has 3 aromatic heterocycles. The molecular formula is C21H21N7. The Bertz CT molecular complexity index is 1120. The molecule has 1 aromatic carbocycles. The lowest BCUT2D eigenvalue weighted by atomic mass is 10.1. The van der Waals surface area contributed by atoms with Crippen LogP contribution in [0.3, 0.4) is 0 Å². The predicted molar refractivity (Wildman–Crippen MR) is 108 cm³/mol. The number of rotatable bonds is 4. The molecule has 140 valence electrons. The summed E-state index contributed by atoms with van der Waals surface area (Å²) < 4.78 is 2.24. The summed E-state index contributed by atoms with van der Waals surface area (Å²) in [4.78, 5) is 13.6. The number of hydrogen-bond donors (Lipinski definition) is 1. The first-order valence-electron chi connectivity index (χ1n) is 9.65. The summed E-state index contributed by atoms with van der Waals surface area (Å²) in [5, 5.41) is 13.4. The van der Waals surface area contributed by atoms with Gasteiger partial charge in [-0.05, 0) is 44.0 Å². The van der Waals surface area contributed by atoms with Crippen molar-refractivity contribution in [3.8, 4) is 11.4 Å². The van der Waals surface area contributed by atoms with Gasteiger partial charge >= 0.3 is 0 Å². The van der Waals surface area contributed by atoms with Gasteiger partial charge in [0.25, 0.3) is 0 Å². The van der Waals surface area contributed by atoms with Crippen molar-refractivity contribution in [2.45, 2.75) is 38.8 Å². The van der Waals surface area contributed by atoms with Crippen molar-refractivity contribution >= 4 is 16.7 Å². The summed E-state index contributed by atoms with van der Waals surface area (Å²) in [7, 11) is 0. The highest BCUT2D eigenvalue weighted by molar-refractivity contribution is 5.90. The maximum absolute atomic E-state index is 4.83. The zero-order valence-corrected chi connectivity index (χ0v) is 15.7. The molecule has 1 atom stereocenters.